The molecule has 0 N–H and O–H groups in total. The number of halogens is 3. The van der Waals surface area contributed by atoms with Crippen molar-refractivity contribution in [2.75, 3.05) is 0 Å². The predicted molar refractivity (Wildman–Crippen MR) is 54.2 cm³/mol. The lowest BCUT2D eigenvalue weighted by Gasteiger charge is -2.04. The lowest BCUT2D eigenvalue weighted by Crippen LogP contribution is -1.96. The fourth-order valence-corrected chi connectivity index (χ4v) is 1.56. The summed E-state index contributed by atoms with van der Waals surface area (Å²) in [5.74, 6) is -0.531. The van der Waals surface area contributed by atoms with Gasteiger partial charge in [-0.25, -0.2) is 18.7 Å². The van der Waals surface area contributed by atoms with Crippen LogP contribution in [0, 0.1) is 6.92 Å². The van der Waals surface area contributed by atoms with Crippen molar-refractivity contribution >= 4 is 22.5 Å². The van der Waals surface area contributed by atoms with E-state index in [2.05, 4.69) is 9.97 Å². The topological polar surface area (TPSA) is 25.8 Å². The minimum absolute atomic E-state index is 0.0685. The smallest absolute Gasteiger partial charge is 0.227 e. The SMILES string of the molecule is Cc1ccc2nc(C(F)F)nc(Cl)c2c1. The van der Waals surface area contributed by atoms with Gasteiger partial charge in [-0.2, -0.15) is 0 Å². The van der Waals surface area contributed by atoms with Gasteiger partial charge < -0.3 is 0 Å². The Bertz CT molecular complexity index is 514. The lowest BCUT2D eigenvalue weighted by molar-refractivity contribution is 0.141. The van der Waals surface area contributed by atoms with E-state index in [9.17, 15) is 8.78 Å². The van der Waals surface area contributed by atoms with E-state index >= 15 is 0 Å². The molecule has 0 radical (unpaired) electrons. The Kier molecular flexibility index (Phi) is 2.52. The lowest BCUT2D eigenvalue weighted by atomic mass is 10.2. The third kappa shape index (κ3) is 1.90. The van der Waals surface area contributed by atoms with Crippen LogP contribution in [0.2, 0.25) is 5.15 Å². The summed E-state index contributed by atoms with van der Waals surface area (Å²) < 4.78 is 24.7. The number of aryl methyl sites for hydroxylation is 1. The summed E-state index contributed by atoms with van der Waals surface area (Å²) >= 11 is 5.79. The maximum Gasteiger partial charge on any atom is 0.297 e. The Balaban J connectivity index is 2.73. The number of alkyl halides is 2. The first kappa shape index (κ1) is 10.2. The van der Waals surface area contributed by atoms with Gasteiger partial charge in [-0.05, 0) is 19.1 Å². The molecule has 1 aromatic carbocycles. The summed E-state index contributed by atoms with van der Waals surface area (Å²) in [6.45, 7) is 1.89. The molecule has 0 bridgehead atoms. The van der Waals surface area contributed by atoms with Crippen molar-refractivity contribution in [2.24, 2.45) is 0 Å². The average Bonchev–Trinajstić information content (AvgIpc) is 2.18. The molecule has 5 heteroatoms. The van der Waals surface area contributed by atoms with Gasteiger partial charge in [-0.15, -0.1) is 0 Å². The van der Waals surface area contributed by atoms with Gasteiger partial charge >= 0.3 is 0 Å². The van der Waals surface area contributed by atoms with Crippen LogP contribution in [0.3, 0.4) is 0 Å². The third-order valence-electron chi connectivity index (χ3n) is 2.02. The number of hydrogen-bond acceptors (Lipinski definition) is 2. The van der Waals surface area contributed by atoms with Crippen molar-refractivity contribution in [3.8, 4) is 0 Å². The molecule has 0 aliphatic rings. The van der Waals surface area contributed by atoms with Crippen molar-refractivity contribution < 1.29 is 8.78 Å². The van der Waals surface area contributed by atoms with E-state index in [0.29, 0.717) is 10.9 Å². The first-order valence-electron chi connectivity index (χ1n) is 4.30. The number of hydrogen-bond donors (Lipinski definition) is 0. The fraction of sp³-hybridized carbons (Fsp3) is 0.200. The first-order valence-corrected chi connectivity index (χ1v) is 4.67. The Hall–Kier alpha value is -1.29. The summed E-state index contributed by atoms with van der Waals surface area (Å²) in [6.07, 6.45) is -2.70. The number of fused-ring (bicyclic) bond motifs is 1. The summed E-state index contributed by atoms with van der Waals surface area (Å²) in [6, 6.07) is 5.22. The molecule has 1 heterocycles. The monoisotopic (exact) mass is 228 g/mol. The number of nitrogens with zero attached hydrogens (tertiary/aromatic N) is 2. The van der Waals surface area contributed by atoms with E-state index in [1.807, 2.05) is 6.92 Å². The summed E-state index contributed by atoms with van der Waals surface area (Å²) in [4.78, 5) is 7.28. The van der Waals surface area contributed by atoms with Crippen LogP contribution in [0.15, 0.2) is 18.2 Å². The summed E-state index contributed by atoms with van der Waals surface area (Å²) in [7, 11) is 0. The van der Waals surface area contributed by atoms with Gasteiger partial charge in [0.1, 0.15) is 5.15 Å². The van der Waals surface area contributed by atoms with Gasteiger partial charge in [0.2, 0.25) is 0 Å². The largest absolute Gasteiger partial charge is 0.297 e. The van der Waals surface area contributed by atoms with Gasteiger partial charge in [-0.1, -0.05) is 23.2 Å². The van der Waals surface area contributed by atoms with Crippen LogP contribution in [-0.4, -0.2) is 9.97 Å². The molecule has 0 aliphatic carbocycles. The zero-order chi connectivity index (χ0) is 11.0. The maximum atomic E-state index is 12.4. The zero-order valence-corrected chi connectivity index (χ0v) is 8.59. The second-order valence-electron chi connectivity index (χ2n) is 3.19. The van der Waals surface area contributed by atoms with Crippen molar-refractivity contribution in [1.29, 1.82) is 0 Å². The molecule has 78 valence electrons. The molecule has 0 unspecified atom stereocenters. The summed E-state index contributed by atoms with van der Waals surface area (Å²) in [5, 5.41) is 0.667. The van der Waals surface area contributed by atoms with E-state index in [-0.39, 0.29) is 5.15 Å². The van der Waals surface area contributed by atoms with Crippen molar-refractivity contribution in [2.45, 2.75) is 13.3 Å². The Morgan fingerprint density at radius 3 is 2.67 bits per heavy atom. The molecule has 0 spiro atoms. The highest BCUT2D eigenvalue weighted by Gasteiger charge is 2.13. The van der Waals surface area contributed by atoms with Gasteiger partial charge in [0, 0.05) is 5.39 Å². The molecule has 2 nitrogen and oxygen atoms in total. The van der Waals surface area contributed by atoms with Crippen LogP contribution in [0.5, 0.6) is 0 Å². The van der Waals surface area contributed by atoms with Crippen molar-refractivity contribution in [3.05, 3.63) is 34.7 Å². The molecule has 2 aromatic rings. The van der Waals surface area contributed by atoms with E-state index in [1.54, 1.807) is 18.2 Å². The van der Waals surface area contributed by atoms with Crippen LogP contribution in [-0.2, 0) is 0 Å². The Morgan fingerprint density at radius 1 is 1.27 bits per heavy atom. The van der Waals surface area contributed by atoms with E-state index < -0.39 is 12.2 Å². The van der Waals surface area contributed by atoms with Gasteiger partial charge in [0.25, 0.3) is 6.43 Å². The molecule has 2 rings (SSSR count). The van der Waals surface area contributed by atoms with Crippen LogP contribution in [0.1, 0.15) is 17.8 Å². The highest BCUT2D eigenvalue weighted by atomic mass is 35.5. The van der Waals surface area contributed by atoms with E-state index in [4.69, 9.17) is 11.6 Å². The highest BCUT2D eigenvalue weighted by Crippen LogP contribution is 2.24. The highest BCUT2D eigenvalue weighted by molar-refractivity contribution is 6.34. The van der Waals surface area contributed by atoms with Gasteiger partial charge in [0.15, 0.2) is 5.82 Å². The van der Waals surface area contributed by atoms with E-state index in [0.717, 1.165) is 5.56 Å². The quantitative estimate of drug-likeness (QED) is 0.698. The molecule has 15 heavy (non-hydrogen) atoms. The minimum Gasteiger partial charge on any atom is -0.227 e. The molecule has 0 saturated heterocycles. The maximum absolute atomic E-state index is 12.4. The standard InChI is InChI=1S/C10H7ClF2N2/c1-5-2-3-7-6(4-5)8(11)15-10(14-7)9(12)13/h2-4,9H,1H3. The molecule has 1 aromatic heterocycles. The van der Waals surface area contributed by atoms with Crippen molar-refractivity contribution in [1.82, 2.24) is 9.97 Å². The van der Waals surface area contributed by atoms with Crippen LogP contribution in [0.25, 0.3) is 10.9 Å². The average molecular weight is 229 g/mol. The normalized spacial score (nSPS) is 11.3. The molecule has 0 aliphatic heterocycles. The number of rotatable bonds is 1. The third-order valence-corrected chi connectivity index (χ3v) is 2.31. The fourth-order valence-electron chi connectivity index (χ4n) is 1.32. The Morgan fingerprint density at radius 2 is 2.00 bits per heavy atom. The van der Waals surface area contributed by atoms with Crippen LogP contribution < -0.4 is 0 Å². The first-order chi connectivity index (χ1) is 7.08. The Labute approximate surface area is 89.9 Å². The number of benzene rings is 1. The van der Waals surface area contributed by atoms with Gasteiger partial charge in [0.05, 0.1) is 5.52 Å². The van der Waals surface area contributed by atoms with E-state index in [1.165, 1.54) is 0 Å². The van der Waals surface area contributed by atoms with Gasteiger partial charge in [-0.3, -0.25) is 0 Å². The molecule has 0 amide bonds. The summed E-state index contributed by atoms with van der Waals surface area (Å²) in [5.41, 5.74) is 1.42. The van der Waals surface area contributed by atoms with Crippen molar-refractivity contribution in [3.63, 3.8) is 0 Å². The second kappa shape index (κ2) is 3.70. The molecule has 0 atom stereocenters. The predicted octanol–water partition coefficient (Wildman–Crippen LogP) is 3.53. The van der Waals surface area contributed by atoms with Crippen LogP contribution >= 0.6 is 11.6 Å². The minimum atomic E-state index is -2.70. The zero-order valence-electron chi connectivity index (χ0n) is 7.84. The molecule has 0 saturated carbocycles. The molecular formula is C10H7ClF2N2. The molecule has 0 fully saturated rings. The van der Waals surface area contributed by atoms with Crippen LogP contribution in [0.4, 0.5) is 8.78 Å². The second-order valence-corrected chi connectivity index (χ2v) is 3.55. The molecular weight excluding hydrogens is 222 g/mol. The number of aromatic nitrogens is 2.